The molecular weight excluding hydrogens is 214 g/mol. The van der Waals surface area contributed by atoms with Gasteiger partial charge in [-0.15, -0.1) is 5.10 Å². The summed E-state index contributed by atoms with van der Waals surface area (Å²) in [5, 5.41) is 10.1. The lowest BCUT2D eigenvalue weighted by Gasteiger charge is -2.13. The van der Waals surface area contributed by atoms with E-state index in [-0.39, 0.29) is 12.1 Å². The summed E-state index contributed by atoms with van der Waals surface area (Å²) in [6.45, 7) is 0. The van der Waals surface area contributed by atoms with Crippen LogP contribution in [0.2, 0.25) is 0 Å². The first-order valence-electron chi connectivity index (χ1n) is 5.95. The zero-order valence-electron chi connectivity index (χ0n) is 9.54. The van der Waals surface area contributed by atoms with E-state index in [0.717, 1.165) is 30.0 Å². The largest absolute Gasteiger partial charge is 0.473 e. The van der Waals surface area contributed by atoms with Crippen LogP contribution in [0.1, 0.15) is 19.3 Å². The molecule has 4 nitrogen and oxygen atoms in total. The molecule has 2 N–H and O–H groups in total. The molecule has 1 heterocycles. The fourth-order valence-corrected chi connectivity index (χ4v) is 2.33. The number of nitrogens with two attached hydrogens (primary N) is 1. The van der Waals surface area contributed by atoms with E-state index in [9.17, 15) is 0 Å². The van der Waals surface area contributed by atoms with Gasteiger partial charge in [0.15, 0.2) is 0 Å². The number of hydrogen-bond acceptors (Lipinski definition) is 4. The van der Waals surface area contributed by atoms with Crippen molar-refractivity contribution in [1.82, 2.24) is 10.2 Å². The highest BCUT2D eigenvalue weighted by Gasteiger charge is 2.24. The predicted octanol–water partition coefficient (Wildman–Crippen LogP) is 1.89. The van der Waals surface area contributed by atoms with Crippen LogP contribution in [0.15, 0.2) is 30.5 Å². The molecule has 1 saturated carbocycles. The van der Waals surface area contributed by atoms with E-state index in [1.54, 1.807) is 6.20 Å². The Kier molecular flexibility index (Phi) is 2.65. The number of fused-ring (bicyclic) bond motifs is 1. The fraction of sp³-hybridized carbons (Fsp3) is 0.385. The van der Waals surface area contributed by atoms with E-state index in [1.807, 2.05) is 24.3 Å². The molecule has 2 unspecified atom stereocenters. The summed E-state index contributed by atoms with van der Waals surface area (Å²) in [7, 11) is 0. The molecule has 0 aliphatic heterocycles. The van der Waals surface area contributed by atoms with Gasteiger partial charge in [-0.3, -0.25) is 0 Å². The Bertz CT molecular complexity index is 524. The second kappa shape index (κ2) is 4.30. The van der Waals surface area contributed by atoms with Crippen molar-refractivity contribution in [1.29, 1.82) is 0 Å². The molecule has 0 spiro atoms. The molecule has 0 bridgehead atoms. The minimum atomic E-state index is 0.185. The van der Waals surface area contributed by atoms with Gasteiger partial charge in [0.05, 0.1) is 6.20 Å². The fourth-order valence-electron chi connectivity index (χ4n) is 2.33. The summed E-state index contributed by atoms with van der Waals surface area (Å²) in [6, 6.07) is 8.25. The molecule has 1 aliphatic rings. The second-order valence-corrected chi connectivity index (χ2v) is 4.55. The third kappa shape index (κ3) is 2.08. The maximum absolute atomic E-state index is 5.91. The Hall–Kier alpha value is -1.68. The van der Waals surface area contributed by atoms with Crippen LogP contribution in [0.4, 0.5) is 0 Å². The van der Waals surface area contributed by atoms with Crippen molar-refractivity contribution in [3.63, 3.8) is 0 Å². The molecular formula is C13H15N3O. The Morgan fingerprint density at radius 1 is 1.24 bits per heavy atom. The summed E-state index contributed by atoms with van der Waals surface area (Å²) >= 11 is 0. The molecule has 0 amide bonds. The molecule has 1 aromatic heterocycles. The van der Waals surface area contributed by atoms with Gasteiger partial charge in [0.25, 0.3) is 0 Å². The van der Waals surface area contributed by atoms with Crippen LogP contribution < -0.4 is 10.5 Å². The van der Waals surface area contributed by atoms with Gasteiger partial charge in [-0.1, -0.05) is 18.2 Å². The number of benzene rings is 1. The van der Waals surface area contributed by atoms with E-state index in [4.69, 9.17) is 10.5 Å². The number of hydrogen-bond donors (Lipinski definition) is 1. The molecule has 3 rings (SSSR count). The first-order valence-corrected chi connectivity index (χ1v) is 5.95. The highest BCUT2D eigenvalue weighted by Crippen LogP contribution is 2.27. The summed E-state index contributed by atoms with van der Waals surface area (Å²) in [4.78, 5) is 0. The molecule has 17 heavy (non-hydrogen) atoms. The van der Waals surface area contributed by atoms with Crippen LogP contribution in [0, 0.1) is 0 Å². The van der Waals surface area contributed by atoms with Crippen molar-refractivity contribution in [2.24, 2.45) is 5.73 Å². The molecule has 1 aliphatic carbocycles. The van der Waals surface area contributed by atoms with Crippen molar-refractivity contribution in [3.05, 3.63) is 30.5 Å². The lowest BCUT2D eigenvalue weighted by Crippen LogP contribution is -2.19. The second-order valence-electron chi connectivity index (χ2n) is 4.55. The van der Waals surface area contributed by atoms with Gasteiger partial charge in [-0.2, -0.15) is 5.10 Å². The van der Waals surface area contributed by atoms with Gasteiger partial charge in [-0.25, -0.2) is 0 Å². The van der Waals surface area contributed by atoms with E-state index in [2.05, 4.69) is 10.2 Å². The van der Waals surface area contributed by atoms with E-state index in [0.29, 0.717) is 5.88 Å². The highest BCUT2D eigenvalue weighted by molar-refractivity contribution is 5.85. The van der Waals surface area contributed by atoms with Crippen molar-refractivity contribution >= 4 is 10.8 Å². The summed E-state index contributed by atoms with van der Waals surface area (Å²) in [5.74, 6) is 0.627. The first-order chi connectivity index (χ1) is 8.33. The lowest BCUT2D eigenvalue weighted by atomic mass is 10.2. The van der Waals surface area contributed by atoms with Crippen LogP contribution >= 0.6 is 0 Å². The van der Waals surface area contributed by atoms with Gasteiger partial charge in [-0.05, 0) is 25.3 Å². The third-order valence-electron chi connectivity index (χ3n) is 3.24. The van der Waals surface area contributed by atoms with Gasteiger partial charge in [0, 0.05) is 16.8 Å². The molecule has 1 aromatic carbocycles. The first kappa shape index (κ1) is 10.5. The van der Waals surface area contributed by atoms with Crippen LogP contribution in [0.5, 0.6) is 5.88 Å². The maximum atomic E-state index is 5.91. The van der Waals surface area contributed by atoms with Crippen LogP contribution in [0.3, 0.4) is 0 Å². The normalized spacial score (nSPS) is 24.1. The van der Waals surface area contributed by atoms with Crippen LogP contribution in [0.25, 0.3) is 10.8 Å². The lowest BCUT2D eigenvalue weighted by molar-refractivity contribution is 0.200. The van der Waals surface area contributed by atoms with Crippen LogP contribution in [-0.4, -0.2) is 22.3 Å². The zero-order valence-corrected chi connectivity index (χ0v) is 9.54. The zero-order chi connectivity index (χ0) is 11.7. The Balaban J connectivity index is 1.90. The minimum absolute atomic E-state index is 0.185. The summed E-state index contributed by atoms with van der Waals surface area (Å²) in [5.41, 5.74) is 5.88. The Morgan fingerprint density at radius 3 is 2.94 bits per heavy atom. The molecule has 2 aromatic rings. The average molecular weight is 229 g/mol. The predicted molar refractivity (Wildman–Crippen MR) is 65.8 cm³/mol. The van der Waals surface area contributed by atoms with Crippen LogP contribution in [-0.2, 0) is 0 Å². The standard InChI is InChI=1S/C13H15N3O/c14-10-5-6-11(7-10)17-13-12-4-2-1-3-9(12)8-15-16-13/h1-4,8,10-11H,5-7,14H2. The SMILES string of the molecule is NC1CCC(Oc2nncc3ccccc23)C1. The Morgan fingerprint density at radius 2 is 2.12 bits per heavy atom. The molecule has 0 saturated heterocycles. The van der Waals surface area contributed by atoms with E-state index in [1.165, 1.54) is 0 Å². The minimum Gasteiger partial charge on any atom is -0.473 e. The van der Waals surface area contributed by atoms with Gasteiger partial charge < -0.3 is 10.5 Å². The van der Waals surface area contributed by atoms with Crippen molar-refractivity contribution < 1.29 is 4.74 Å². The molecule has 1 fully saturated rings. The van der Waals surface area contributed by atoms with E-state index < -0.39 is 0 Å². The molecule has 0 radical (unpaired) electrons. The number of nitrogens with zero attached hydrogens (tertiary/aromatic N) is 2. The van der Waals surface area contributed by atoms with Gasteiger partial charge in [0.2, 0.25) is 5.88 Å². The van der Waals surface area contributed by atoms with Gasteiger partial charge >= 0.3 is 0 Å². The van der Waals surface area contributed by atoms with Crippen molar-refractivity contribution in [2.75, 3.05) is 0 Å². The van der Waals surface area contributed by atoms with Gasteiger partial charge in [0.1, 0.15) is 6.10 Å². The quantitative estimate of drug-likeness (QED) is 0.854. The number of aromatic nitrogens is 2. The third-order valence-corrected chi connectivity index (χ3v) is 3.24. The molecule has 88 valence electrons. The van der Waals surface area contributed by atoms with Crippen molar-refractivity contribution in [3.8, 4) is 5.88 Å². The van der Waals surface area contributed by atoms with Crippen molar-refractivity contribution in [2.45, 2.75) is 31.4 Å². The summed E-state index contributed by atoms with van der Waals surface area (Å²) < 4.78 is 5.91. The Labute approximate surface area is 99.8 Å². The maximum Gasteiger partial charge on any atom is 0.241 e. The topological polar surface area (TPSA) is 61.0 Å². The highest BCUT2D eigenvalue weighted by atomic mass is 16.5. The van der Waals surface area contributed by atoms with E-state index >= 15 is 0 Å². The monoisotopic (exact) mass is 229 g/mol. The smallest absolute Gasteiger partial charge is 0.241 e. The number of rotatable bonds is 2. The average Bonchev–Trinajstić information content (AvgIpc) is 2.75. The summed E-state index contributed by atoms with van der Waals surface area (Å²) in [6.07, 6.45) is 4.88. The molecule has 4 heteroatoms. The number of ether oxygens (including phenoxy) is 1. The molecule has 2 atom stereocenters.